The molecule has 14 heteroatoms. The number of esters is 4. The van der Waals surface area contributed by atoms with Gasteiger partial charge in [-0.1, -0.05) is 0 Å². The Morgan fingerprint density at radius 3 is 1.94 bits per heavy atom. The minimum absolute atomic E-state index is 0.120. The van der Waals surface area contributed by atoms with Gasteiger partial charge in [0.1, 0.15) is 5.75 Å². The fourth-order valence-corrected chi connectivity index (χ4v) is 3.30. The molecule has 0 bridgehead atoms. The van der Waals surface area contributed by atoms with Gasteiger partial charge in [-0.2, -0.15) is 13.2 Å². The lowest BCUT2D eigenvalue weighted by Crippen LogP contribution is -2.64. The van der Waals surface area contributed by atoms with Crippen molar-refractivity contribution < 1.29 is 60.8 Å². The van der Waals surface area contributed by atoms with Gasteiger partial charge >= 0.3 is 30.1 Å². The molecule has 194 valence electrons. The third kappa shape index (κ3) is 6.97. The summed E-state index contributed by atoms with van der Waals surface area (Å²) in [7, 11) is 2.35. The summed E-state index contributed by atoms with van der Waals surface area (Å²) in [6.07, 6.45) is -12.9. The molecule has 2 rings (SSSR count). The molecule has 11 nitrogen and oxygen atoms in total. The highest BCUT2D eigenvalue weighted by atomic mass is 19.4. The Kier molecular flexibility index (Phi) is 8.90. The van der Waals surface area contributed by atoms with Crippen LogP contribution in [-0.2, 0) is 49.0 Å². The number of hydrogen-bond donors (Lipinski definition) is 1. The molecule has 1 saturated heterocycles. The number of carbonyl (C=O) groups is 4. The van der Waals surface area contributed by atoms with Crippen molar-refractivity contribution in [2.24, 2.45) is 0 Å². The van der Waals surface area contributed by atoms with Crippen LogP contribution in [0.25, 0.3) is 0 Å². The topological polar surface area (TPSA) is 136 Å². The summed E-state index contributed by atoms with van der Waals surface area (Å²) in [6.45, 7) is 3.05. The van der Waals surface area contributed by atoms with E-state index < -0.39 is 66.3 Å². The molecule has 0 radical (unpaired) electrons. The van der Waals surface area contributed by atoms with Gasteiger partial charge in [0.15, 0.2) is 18.3 Å². The van der Waals surface area contributed by atoms with Crippen LogP contribution >= 0.6 is 0 Å². The van der Waals surface area contributed by atoms with Crippen LogP contribution in [0.5, 0.6) is 5.75 Å². The van der Waals surface area contributed by atoms with E-state index in [2.05, 4.69) is 10.1 Å². The zero-order valence-corrected chi connectivity index (χ0v) is 19.3. The van der Waals surface area contributed by atoms with Gasteiger partial charge in [0.2, 0.25) is 12.4 Å². The second kappa shape index (κ2) is 11.3. The maximum Gasteiger partial charge on any atom is 0.416 e. The minimum Gasteiger partial charge on any atom is -0.467 e. The summed E-state index contributed by atoms with van der Waals surface area (Å²) in [5.74, 6) is -3.89. The van der Waals surface area contributed by atoms with E-state index in [1.54, 1.807) is 0 Å². The Morgan fingerprint density at radius 2 is 1.46 bits per heavy atom. The molecule has 0 aromatic heterocycles. The molecule has 1 aromatic rings. The van der Waals surface area contributed by atoms with Crippen molar-refractivity contribution in [3.63, 3.8) is 0 Å². The molecule has 0 aliphatic carbocycles. The highest BCUT2D eigenvalue weighted by Gasteiger charge is 2.56. The Labute approximate surface area is 197 Å². The smallest absolute Gasteiger partial charge is 0.416 e. The summed E-state index contributed by atoms with van der Waals surface area (Å²) in [5, 5.41) is 2.54. The summed E-state index contributed by atoms with van der Waals surface area (Å²) < 4.78 is 70.8. The Balaban J connectivity index is 2.56. The quantitative estimate of drug-likeness (QED) is 0.428. The molecule has 0 saturated carbocycles. The van der Waals surface area contributed by atoms with Gasteiger partial charge in [0, 0.05) is 27.8 Å². The standard InChI is InChI=1S/C21H24F3NO10/c1-9(26)31-15-16(32-10(2)27)18(33-11(3)28)20(35-17(15)19(29)30-5)34-14-7-6-12(21(22,23)24)8-13(14)25-4/h6-8,15-18,20,25H,1-5H3/t15-,16-,17-,18+,20+/m0/s1. The molecule has 1 N–H and O–H groups in total. The van der Waals surface area contributed by atoms with Crippen LogP contribution < -0.4 is 10.1 Å². The molecule has 0 spiro atoms. The number of methoxy groups -OCH3 is 1. The van der Waals surface area contributed by atoms with Gasteiger partial charge in [-0.25, -0.2) is 4.79 Å². The number of ether oxygens (including phenoxy) is 6. The lowest BCUT2D eigenvalue weighted by Gasteiger charge is -2.43. The first-order valence-electron chi connectivity index (χ1n) is 10.1. The van der Waals surface area contributed by atoms with E-state index >= 15 is 0 Å². The predicted molar refractivity (Wildman–Crippen MR) is 109 cm³/mol. The molecular formula is C21H24F3NO10. The van der Waals surface area contributed by atoms with Crippen molar-refractivity contribution in [2.75, 3.05) is 19.5 Å². The number of benzene rings is 1. The number of carbonyl (C=O) groups excluding carboxylic acids is 4. The third-order valence-corrected chi connectivity index (χ3v) is 4.65. The number of rotatable bonds is 7. The van der Waals surface area contributed by atoms with Crippen molar-refractivity contribution in [1.29, 1.82) is 0 Å². The van der Waals surface area contributed by atoms with Crippen LogP contribution in [0.1, 0.15) is 26.3 Å². The molecular weight excluding hydrogens is 483 g/mol. The zero-order chi connectivity index (χ0) is 26.5. The van der Waals surface area contributed by atoms with Crippen LogP contribution in [0.15, 0.2) is 18.2 Å². The van der Waals surface area contributed by atoms with E-state index in [0.717, 1.165) is 46.1 Å². The monoisotopic (exact) mass is 507 g/mol. The molecule has 1 aliphatic heterocycles. The number of alkyl halides is 3. The summed E-state index contributed by atoms with van der Waals surface area (Å²) >= 11 is 0. The number of nitrogens with one attached hydrogen (secondary N) is 1. The lowest BCUT2D eigenvalue weighted by molar-refractivity contribution is -0.282. The molecule has 0 unspecified atom stereocenters. The van der Waals surface area contributed by atoms with Crippen molar-refractivity contribution in [3.8, 4) is 5.75 Å². The second-order valence-electron chi connectivity index (χ2n) is 7.25. The Morgan fingerprint density at radius 1 is 0.914 bits per heavy atom. The van der Waals surface area contributed by atoms with Gasteiger partial charge in [-0.3, -0.25) is 14.4 Å². The first kappa shape index (κ1) is 27.7. The maximum atomic E-state index is 13.1. The van der Waals surface area contributed by atoms with Crippen LogP contribution in [0.4, 0.5) is 18.9 Å². The van der Waals surface area contributed by atoms with Crippen molar-refractivity contribution in [2.45, 2.75) is 57.7 Å². The highest BCUT2D eigenvalue weighted by Crippen LogP contribution is 2.37. The number of hydrogen-bond acceptors (Lipinski definition) is 11. The fraction of sp³-hybridized carbons (Fsp3) is 0.524. The summed E-state index contributed by atoms with van der Waals surface area (Å²) in [5.41, 5.74) is -1.10. The number of anilines is 1. The lowest BCUT2D eigenvalue weighted by atomic mass is 9.97. The SMILES string of the molecule is CNc1cc(C(F)(F)F)ccc1O[C@@H]1O[C@H](C(=O)OC)[C@@H](OC(C)=O)[C@H](OC(C)=O)[C@H]1OC(C)=O. The molecule has 0 amide bonds. The second-order valence-corrected chi connectivity index (χ2v) is 7.25. The maximum absolute atomic E-state index is 13.1. The van der Waals surface area contributed by atoms with E-state index in [-0.39, 0.29) is 11.4 Å². The van der Waals surface area contributed by atoms with Crippen LogP contribution in [0.2, 0.25) is 0 Å². The van der Waals surface area contributed by atoms with Crippen molar-refractivity contribution in [3.05, 3.63) is 23.8 Å². The average molecular weight is 507 g/mol. The Bertz CT molecular complexity index is 967. The number of halogens is 3. The van der Waals surface area contributed by atoms with Crippen molar-refractivity contribution >= 4 is 29.6 Å². The van der Waals surface area contributed by atoms with Gasteiger partial charge in [0.05, 0.1) is 18.4 Å². The van der Waals surface area contributed by atoms with E-state index in [1.165, 1.54) is 7.05 Å². The third-order valence-electron chi connectivity index (χ3n) is 4.65. The van der Waals surface area contributed by atoms with Crippen LogP contribution in [0, 0.1) is 0 Å². The molecule has 35 heavy (non-hydrogen) atoms. The fourth-order valence-electron chi connectivity index (χ4n) is 3.30. The van der Waals surface area contributed by atoms with E-state index in [9.17, 15) is 32.3 Å². The average Bonchev–Trinajstić information content (AvgIpc) is 2.75. The normalized spacial score (nSPS) is 24.1. The van der Waals surface area contributed by atoms with E-state index in [0.29, 0.717) is 0 Å². The Hall–Kier alpha value is -3.55. The predicted octanol–water partition coefficient (Wildman–Crippen LogP) is 1.82. The van der Waals surface area contributed by atoms with E-state index in [4.69, 9.17) is 23.7 Å². The van der Waals surface area contributed by atoms with E-state index in [1.807, 2.05) is 0 Å². The molecule has 1 aromatic carbocycles. The van der Waals surface area contributed by atoms with Crippen LogP contribution in [-0.4, -0.2) is 68.7 Å². The summed E-state index contributed by atoms with van der Waals surface area (Å²) in [4.78, 5) is 47.7. The van der Waals surface area contributed by atoms with Crippen LogP contribution in [0.3, 0.4) is 0 Å². The molecule has 5 atom stereocenters. The molecule has 1 fully saturated rings. The zero-order valence-electron chi connectivity index (χ0n) is 19.3. The molecule has 1 heterocycles. The van der Waals surface area contributed by atoms with Crippen molar-refractivity contribution in [1.82, 2.24) is 0 Å². The largest absolute Gasteiger partial charge is 0.467 e. The first-order valence-corrected chi connectivity index (χ1v) is 10.1. The minimum atomic E-state index is -4.64. The highest BCUT2D eigenvalue weighted by molar-refractivity contribution is 5.77. The first-order chi connectivity index (χ1) is 16.3. The van der Waals surface area contributed by atoms with Gasteiger partial charge in [0.25, 0.3) is 0 Å². The molecule has 1 aliphatic rings. The van der Waals surface area contributed by atoms with Gasteiger partial charge < -0.3 is 33.7 Å². The summed E-state index contributed by atoms with van der Waals surface area (Å²) in [6, 6.07) is 2.49. The van der Waals surface area contributed by atoms with Gasteiger partial charge in [-0.15, -0.1) is 0 Å². The van der Waals surface area contributed by atoms with Gasteiger partial charge in [-0.05, 0) is 18.2 Å².